The van der Waals surface area contributed by atoms with Crippen molar-refractivity contribution < 1.29 is 60.6 Å². The van der Waals surface area contributed by atoms with Gasteiger partial charge in [-0.1, -0.05) is 6.07 Å². The Balaban J connectivity index is 1.87. The third-order valence-electron chi connectivity index (χ3n) is 6.32. The van der Waals surface area contributed by atoms with Gasteiger partial charge in [0, 0.05) is 24.7 Å². The molecule has 0 unspecified atom stereocenters. The first-order valence-electron chi connectivity index (χ1n) is 13.7. The standard InChI is InChI=1S/C28H28N6O13S2/c1-14(37)30-16-3-5-18(23(11-16)48(40,41)42)31-32-19-4-2-15-10-24(49(43,44)45)26(28(39)25(15)27(19)38)34-33-20-13-21(46-8-6-35)17(29)12-22(20)47-9-7-36/h2-5,10-13,35-36,38-39H,6-9,29H2,1H3,(H,30,37)(H,40,41,42)(H,43,44,45). The van der Waals surface area contributed by atoms with E-state index in [9.17, 15) is 46.1 Å². The number of aliphatic hydroxyl groups is 2. The van der Waals surface area contributed by atoms with Crippen molar-refractivity contribution in [1.82, 2.24) is 0 Å². The van der Waals surface area contributed by atoms with E-state index in [4.69, 9.17) is 20.3 Å². The van der Waals surface area contributed by atoms with Crippen molar-refractivity contribution in [3.63, 3.8) is 0 Å². The van der Waals surface area contributed by atoms with Crippen LogP contribution in [0, 0.1) is 0 Å². The normalized spacial score (nSPS) is 12.2. The zero-order valence-electron chi connectivity index (χ0n) is 25.2. The van der Waals surface area contributed by atoms with E-state index in [1.807, 2.05) is 0 Å². The highest BCUT2D eigenvalue weighted by atomic mass is 32.2. The van der Waals surface area contributed by atoms with Gasteiger partial charge in [0.2, 0.25) is 5.91 Å². The van der Waals surface area contributed by atoms with Gasteiger partial charge in [-0.2, -0.15) is 16.8 Å². The Hall–Kier alpha value is -5.45. The summed E-state index contributed by atoms with van der Waals surface area (Å²) < 4.78 is 79.0. The molecule has 9 N–H and O–H groups in total. The molecular formula is C28H28N6O13S2. The lowest BCUT2D eigenvalue weighted by Crippen LogP contribution is -2.07. The van der Waals surface area contributed by atoms with Crippen LogP contribution in [0.5, 0.6) is 23.0 Å². The fraction of sp³-hybridized carbons (Fsp3) is 0.179. The van der Waals surface area contributed by atoms with Crippen molar-refractivity contribution in [2.45, 2.75) is 16.7 Å². The Kier molecular flexibility index (Phi) is 11.0. The van der Waals surface area contributed by atoms with Gasteiger partial charge in [0.15, 0.2) is 11.5 Å². The lowest BCUT2D eigenvalue weighted by molar-refractivity contribution is -0.114. The Labute approximate surface area is 277 Å². The number of hydrogen-bond acceptors (Lipinski definition) is 16. The number of aliphatic hydroxyl groups excluding tert-OH is 2. The number of rotatable bonds is 13. The molecule has 0 bridgehead atoms. The predicted octanol–water partition coefficient (Wildman–Crippen LogP) is 3.86. The maximum atomic E-state index is 12.3. The number of anilines is 2. The molecule has 0 aromatic heterocycles. The molecule has 0 spiro atoms. The van der Waals surface area contributed by atoms with E-state index < -0.39 is 70.8 Å². The number of phenolic OH excluding ortho intramolecular Hbond substituents is 2. The van der Waals surface area contributed by atoms with E-state index in [0.717, 1.165) is 24.3 Å². The number of phenols is 2. The number of nitrogen functional groups attached to an aromatic ring is 1. The summed E-state index contributed by atoms with van der Waals surface area (Å²) in [7, 11) is -9.96. The molecule has 21 heteroatoms. The smallest absolute Gasteiger partial charge is 0.296 e. The maximum absolute atomic E-state index is 12.3. The van der Waals surface area contributed by atoms with E-state index in [1.165, 1.54) is 31.2 Å². The Morgan fingerprint density at radius 2 is 1.35 bits per heavy atom. The van der Waals surface area contributed by atoms with Gasteiger partial charge in [0.05, 0.1) is 24.3 Å². The van der Waals surface area contributed by atoms with Gasteiger partial charge in [0.25, 0.3) is 20.2 Å². The van der Waals surface area contributed by atoms with Crippen LogP contribution in [0.4, 0.5) is 34.1 Å². The van der Waals surface area contributed by atoms with E-state index in [-0.39, 0.29) is 59.5 Å². The quantitative estimate of drug-likeness (QED) is 0.0552. The Morgan fingerprint density at radius 1 is 0.755 bits per heavy atom. The molecule has 0 aliphatic rings. The molecule has 4 aromatic rings. The molecule has 0 atom stereocenters. The zero-order valence-corrected chi connectivity index (χ0v) is 26.8. The number of nitrogens with one attached hydrogen (secondary N) is 1. The molecule has 0 aliphatic heterocycles. The van der Waals surface area contributed by atoms with Gasteiger partial charge in [-0.05, 0) is 35.7 Å². The molecule has 0 aliphatic carbocycles. The van der Waals surface area contributed by atoms with E-state index in [2.05, 4.69) is 25.8 Å². The number of amides is 1. The van der Waals surface area contributed by atoms with Gasteiger partial charge < -0.3 is 41.0 Å². The first kappa shape index (κ1) is 36.4. The average molecular weight is 721 g/mol. The van der Waals surface area contributed by atoms with Crippen LogP contribution in [-0.2, 0) is 25.0 Å². The number of nitrogens with two attached hydrogens (primary N) is 1. The third-order valence-corrected chi connectivity index (χ3v) is 8.07. The third kappa shape index (κ3) is 8.53. The molecule has 260 valence electrons. The zero-order chi connectivity index (χ0) is 36.1. The van der Waals surface area contributed by atoms with E-state index in [1.54, 1.807) is 0 Å². The maximum Gasteiger partial charge on any atom is 0.296 e. The minimum absolute atomic E-state index is 0.0200. The SMILES string of the molecule is CC(=O)Nc1ccc(N=Nc2ccc3cc(S(=O)(=O)O)c(N=Nc4cc(OCCO)c(N)cc4OCCO)c(O)c3c2O)c(S(=O)(=O)O)c1. The molecule has 0 fully saturated rings. The van der Waals surface area contributed by atoms with Gasteiger partial charge in [-0.25, -0.2) is 0 Å². The van der Waals surface area contributed by atoms with E-state index >= 15 is 0 Å². The molecular weight excluding hydrogens is 692 g/mol. The summed E-state index contributed by atoms with van der Waals surface area (Å²) in [4.78, 5) is 9.71. The number of azo groups is 2. The molecule has 1 amide bonds. The summed E-state index contributed by atoms with van der Waals surface area (Å²) in [5.74, 6) is -2.34. The summed E-state index contributed by atoms with van der Waals surface area (Å²) in [6, 6.07) is 8.97. The number of fused-ring (bicyclic) bond motifs is 1. The van der Waals surface area contributed by atoms with Crippen molar-refractivity contribution >= 4 is 71.0 Å². The molecule has 49 heavy (non-hydrogen) atoms. The lowest BCUT2D eigenvalue weighted by Gasteiger charge is -2.13. The molecule has 0 saturated heterocycles. The largest absolute Gasteiger partial charge is 0.505 e. The predicted molar refractivity (Wildman–Crippen MR) is 172 cm³/mol. The van der Waals surface area contributed by atoms with Gasteiger partial charge in [0.1, 0.15) is 57.3 Å². The number of nitrogens with zero attached hydrogens (tertiary/aromatic N) is 4. The lowest BCUT2D eigenvalue weighted by atomic mass is 10.1. The van der Waals surface area contributed by atoms with Gasteiger partial charge in [-0.15, -0.1) is 20.5 Å². The number of aromatic hydroxyl groups is 2. The van der Waals surface area contributed by atoms with E-state index in [0.29, 0.717) is 0 Å². The van der Waals surface area contributed by atoms with Gasteiger partial charge >= 0.3 is 0 Å². The molecule has 4 rings (SSSR count). The van der Waals surface area contributed by atoms with Gasteiger partial charge in [-0.3, -0.25) is 13.9 Å². The number of carbonyl (C=O) groups is 1. The second-order valence-corrected chi connectivity index (χ2v) is 12.6. The summed E-state index contributed by atoms with van der Waals surface area (Å²) in [5.41, 5.74) is 4.25. The number of ether oxygens (including phenoxy) is 2. The second-order valence-electron chi connectivity index (χ2n) is 9.82. The monoisotopic (exact) mass is 720 g/mol. The fourth-order valence-electron chi connectivity index (χ4n) is 4.27. The van der Waals surface area contributed by atoms with Crippen molar-refractivity contribution in [1.29, 1.82) is 0 Å². The molecule has 0 saturated carbocycles. The first-order valence-corrected chi connectivity index (χ1v) is 16.6. The molecule has 19 nitrogen and oxygen atoms in total. The van der Waals surface area contributed by atoms with Crippen molar-refractivity contribution in [3.05, 3.63) is 48.5 Å². The van der Waals surface area contributed by atoms with Crippen LogP contribution in [0.3, 0.4) is 0 Å². The van der Waals surface area contributed by atoms with Crippen LogP contribution in [0.2, 0.25) is 0 Å². The van der Waals surface area contributed by atoms with Crippen molar-refractivity contribution in [2.24, 2.45) is 20.5 Å². The Bertz CT molecular complexity index is 2210. The summed E-state index contributed by atoms with van der Waals surface area (Å²) in [6.45, 7) is 0.0372. The summed E-state index contributed by atoms with van der Waals surface area (Å²) in [5, 5.41) is 57.6. The molecule has 0 heterocycles. The Morgan fingerprint density at radius 3 is 1.96 bits per heavy atom. The number of benzene rings is 4. The topological polar surface area (TPSA) is 313 Å². The summed E-state index contributed by atoms with van der Waals surface area (Å²) in [6.07, 6.45) is 0. The number of hydrogen-bond donors (Lipinski definition) is 8. The van der Waals surface area contributed by atoms with Crippen LogP contribution < -0.4 is 20.5 Å². The first-order chi connectivity index (χ1) is 23.0. The molecule has 4 aromatic carbocycles. The number of carbonyl (C=O) groups excluding carboxylic acids is 1. The minimum atomic E-state index is -5.08. The minimum Gasteiger partial charge on any atom is -0.505 e. The average Bonchev–Trinajstić information content (AvgIpc) is 3.01. The van der Waals surface area contributed by atoms with Crippen molar-refractivity contribution in [2.75, 3.05) is 37.5 Å². The highest BCUT2D eigenvalue weighted by Gasteiger charge is 2.25. The van der Waals surface area contributed by atoms with Crippen LogP contribution in [0.25, 0.3) is 10.8 Å². The van der Waals surface area contributed by atoms with Crippen LogP contribution in [0.15, 0.2) is 78.8 Å². The second kappa shape index (κ2) is 14.8. The van der Waals surface area contributed by atoms with Crippen LogP contribution in [-0.4, -0.2) is 78.7 Å². The fourth-order valence-corrected chi connectivity index (χ4v) is 5.58. The molecule has 0 radical (unpaired) electrons. The summed E-state index contributed by atoms with van der Waals surface area (Å²) >= 11 is 0. The van der Waals surface area contributed by atoms with Crippen molar-refractivity contribution in [3.8, 4) is 23.0 Å². The van der Waals surface area contributed by atoms with Crippen LogP contribution in [0.1, 0.15) is 6.92 Å². The highest BCUT2D eigenvalue weighted by molar-refractivity contribution is 7.86. The highest BCUT2D eigenvalue weighted by Crippen LogP contribution is 2.48. The van der Waals surface area contributed by atoms with Crippen LogP contribution >= 0.6 is 0 Å².